The zero-order valence-corrected chi connectivity index (χ0v) is 6.73. The van der Waals surface area contributed by atoms with Gasteiger partial charge in [-0.3, -0.25) is 4.90 Å². The van der Waals surface area contributed by atoms with Gasteiger partial charge in [0.05, 0.1) is 6.54 Å². The molecule has 1 heteroatoms. The fourth-order valence-corrected chi connectivity index (χ4v) is 0.374. The summed E-state index contributed by atoms with van der Waals surface area (Å²) in [5.41, 5.74) is 0.201. The van der Waals surface area contributed by atoms with E-state index >= 15 is 0 Å². The maximum Gasteiger partial charge on any atom is 0.0600 e. The first-order valence-corrected chi connectivity index (χ1v) is 3.13. The van der Waals surface area contributed by atoms with Crippen molar-refractivity contribution in [2.75, 3.05) is 13.6 Å². The molecule has 0 amide bonds. The molecule has 9 heavy (non-hydrogen) atoms. The minimum atomic E-state index is 0.201. The highest BCUT2D eigenvalue weighted by Crippen LogP contribution is 2.08. The van der Waals surface area contributed by atoms with E-state index < -0.39 is 0 Å². The molecule has 0 saturated heterocycles. The van der Waals surface area contributed by atoms with Gasteiger partial charge in [0, 0.05) is 5.54 Å². The Morgan fingerprint density at radius 3 is 2.00 bits per heavy atom. The first-order chi connectivity index (χ1) is 3.98. The Morgan fingerprint density at radius 2 is 1.89 bits per heavy atom. The molecular formula is C8H15N. The summed E-state index contributed by atoms with van der Waals surface area (Å²) < 4.78 is 0. The third kappa shape index (κ3) is 3.16. The van der Waals surface area contributed by atoms with Crippen molar-refractivity contribution in [3.05, 3.63) is 0 Å². The van der Waals surface area contributed by atoms with E-state index in [4.69, 9.17) is 6.42 Å². The second-order valence-corrected chi connectivity index (χ2v) is 3.23. The summed E-state index contributed by atoms with van der Waals surface area (Å²) in [5.74, 6) is 2.60. The lowest BCUT2D eigenvalue weighted by molar-refractivity contribution is 0.199. The van der Waals surface area contributed by atoms with Gasteiger partial charge >= 0.3 is 0 Å². The van der Waals surface area contributed by atoms with E-state index in [-0.39, 0.29) is 5.54 Å². The van der Waals surface area contributed by atoms with E-state index in [1.54, 1.807) is 0 Å². The summed E-state index contributed by atoms with van der Waals surface area (Å²) in [5, 5.41) is 0. The van der Waals surface area contributed by atoms with E-state index in [1.165, 1.54) is 0 Å². The van der Waals surface area contributed by atoms with Gasteiger partial charge in [0.2, 0.25) is 0 Å². The fraction of sp³-hybridized carbons (Fsp3) is 0.750. The highest BCUT2D eigenvalue weighted by atomic mass is 15.1. The second kappa shape index (κ2) is 2.89. The average Bonchev–Trinajstić information content (AvgIpc) is 1.64. The zero-order valence-electron chi connectivity index (χ0n) is 6.73. The summed E-state index contributed by atoms with van der Waals surface area (Å²) in [4.78, 5) is 2.13. The molecule has 1 nitrogen and oxygen atoms in total. The van der Waals surface area contributed by atoms with Gasteiger partial charge in [-0.15, -0.1) is 6.42 Å². The number of hydrogen-bond acceptors (Lipinski definition) is 1. The van der Waals surface area contributed by atoms with Gasteiger partial charge < -0.3 is 0 Å². The Kier molecular flexibility index (Phi) is 2.73. The number of terminal acetylenes is 1. The Balaban J connectivity index is 3.76. The van der Waals surface area contributed by atoms with Crippen LogP contribution in [-0.4, -0.2) is 24.0 Å². The van der Waals surface area contributed by atoms with Crippen molar-refractivity contribution in [1.82, 2.24) is 4.90 Å². The molecule has 0 heterocycles. The van der Waals surface area contributed by atoms with Crippen molar-refractivity contribution in [2.24, 2.45) is 0 Å². The molecule has 0 aliphatic carbocycles. The van der Waals surface area contributed by atoms with E-state index in [0.29, 0.717) is 0 Å². The fourth-order valence-electron chi connectivity index (χ4n) is 0.374. The molecule has 0 unspecified atom stereocenters. The molecule has 0 saturated carbocycles. The highest BCUT2D eigenvalue weighted by molar-refractivity contribution is 4.90. The van der Waals surface area contributed by atoms with Gasteiger partial charge in [-0.2, -0.15) is 0 Å². The third-order valence-corrected chi connectivity index (χ3v) is 1.47. The Morgan fingerprint density at radius 1 is 1.44 bits per heavy atom. The molecule has 0 aliphatic rings. The minimum absolute atomic E-state index is 0.201. The Bertz CT molecular complexity index is 114. The van der Waals surface area contributed by atoms with Crippen LogP contribution in [-0.2, 0) is 0 Å². The quantitative estimate of drug-likeness (QED) is 0.478. The van der Waals surface area contributed by atoms with Crippen LogP contribution in [0.15, 0.2) is 0 Å². The molecule has 0 atom stereocenters. The molecule has 0 N–H and O–H groups in total. The van der Waals surface area contributed by atoms with Gasteiger partial charge in [-0.05, 0) is 27.8 Å². The van der Waals surface area contributed by atoms with Gasteiger partial charge in [0.15, 0.2) is 0 Å². The molecule has 0 aromatic heterocycles. The predicted octanol–water partition coefficient (Wildman–Crippen LogP) is 1.35. The standard InChI is InChI=1S/C8H15N/c1-6-7-9(5)8(2,3)4/h1H,7H2,2-5H3. The summed E-state index contributed by atoms with van der Waals surface area (Å²) in [6.45, 7) is 7.16. The lowest BCUT2D eigenvalue weighted by Gasteiger charge is -2.29. The normalized spacial score (nSPS) is 11.6. The van der Waals surface area contributed by atoms with Crippen LogP contribution in [0.4, 0.5) is 0 Å². The van der Waals surface area contributed by atoms with Crippen LogP contribution >= 0.6 is 0 Å². The summed E-state index contributed by atoms with van der Waals surface area (Å²) >= 11 is 0. The van der Waals surface area contributed by atoms with Crippen molar-refractivity contribution < 1.29 is 0 Å². The maximum absolute atomic E-state index is 5.13. The molecule has 0 bridgehead atoms. The monoisotopic (exact) mass is 125 g/mol. The molecule has 0 aliphatic heterocycles. The molecule has 0 aromatic carbocycles. The van der Waals surface area contributed by atoms with Crippen molar-refractivity contribution in [2.45, 2.75) is 26.3 Å². The highest BCUT2D eigenvalue weighted by Gasteiger charge is 2.14. The summed E-state index contributed by atoms with van der Waals surface area (Å²) in [6, 6.07) is 0. The van der Waals surface area contributed by atoms with E-state index in [9.17, 15) is 0 Å². The van der Waals surface area contributed by atoms with Crippen LogP contribution in [0.3, 0.4) is 0 Å². The maximum atomic E-state index is 5.13. The van der Waals surface area contributed by atoms with Crippen molar-refractivity contribution in [3.8, 4) is 12.3 Å². The van der Waals surface area contributed by atoms with Crippen LogP contribution in [0.25, 0.3) is 0 Å². The Labute approximate surface area is 58.1 Å². The van der Waals surface area contributed by atoms with E-state index in [1.807, 2.05) is 7.05 Å². The smallest absolute Gasteiger partial charge is 0.0600 e. The topological polar surface area (TPSA) is 3.24 Å². The van der Waals surface area contributed by atoms with Crippen LogP contribution in [0, 0.1) is 12.3 Å². The molecule has 0 rings (SSSR count). The van der Waals surface area contributed by atoms with Crippen LogP contribution < -0.4 is 0 Å². The van der Waals surface area contributed by atoms with Crippen molar-refractivity contribution >= 4 is 0 Å². The SMILES string of the molecule is C#CCN(C)C(C)(C)C. The molecule has 0 radical (unpaired) electrons. The van der Waals surface area contributed by atoms with Crippen molar-refractivity contribution in [1.29, 1.82) is 0 Å². The van der Waals surface area contributed by atoms with Gasteiger partial charge in [-0.1, -0.05) is 5.92 Å². The summed E-state index contributed by atoms with van der Waals surface area (Å²) in [6.07, 6.45) is 5.13. The lowest BCUT2D eigenvalue weighted by atomic mass is 10.1. The van der Waals surface area contributed by atoms with E-state index in [0.717, 1.165) is 6.54 Å². The van der Waals surface area contributed by atoms with Crippen LogP contribution in [0.5, 0.6) is 0 Å². The zero-order chi connectivity index (χ0) is 7.49. The Hall–Kier alpha value is -0.480. The van der Waals surface area contributed by atoms with E-state index in [2.05, 4.69) is 31.6 Å². The number of rotatable bonds is 1. The molecule has 0 aromatic rings. The largest absolute Gasteiger partial charge is 0.290 e. The number of hydrogen-bond donors (Lipinski definition) is 0. The number of nitrogens with zero attached hydrogens (tertiary/aromatic N) is 1. The van der Waals surface area contributed by atoms with Crippen LogP contribution in [0.2, 0.25) is 0 Å². The lowest BCUT2D eigenvalue weighted by Crippen LogP contribution is -2.38. The molecular weight excluding hydrogens is 110 g/mol. The van der Waals surface area contributed by atoms with Gasteiger partial charge in [-0.25, -0.2) is 0 Å². The molecule has 0 fully saturated rings. The molecule has 52 valence electrons. The first kappa shape index (κ1) is 8.52. The predicted molar refractivity (Wildman–Crippen MR) is 41.2 cm³/mol. The second-order valence-electron chi connectivity index (χ2n) is 3.23. The van der Waals surface area contributed by atoms with Crippen LogP contribution in [0.1, 0.15) is 20.8 Å². The molecule has 0 spiro atoms. The average molecular weight is 125 g/mol. The van der Waals surface area contributed by atoms with Gasteiger partial charge in [0.25, 0.3) is 0 Å². The summed E-state index contributed by atoms with van der Waals surface area (Å²) in [7, 11) is 2.03. The third-order valence-electron chi connectivity index (χ3n) is 1.47. The first-order valence-electron chi connectivity index (χ1n) is 3.13. The minimum Gasteiger partial charge on any atom is -0.290 e. The van der Waals surface area contributed by atoms with Crippen molar-refractivity contribution in [3.63, 3.8) is 0 Å². The van der Waals surface area contributed by atoms with Gasteiger partial charge in [0.1, 0.15) is 0 Å².